The van der Waals surface area contributed by atoms with Crippen LogP contribution in [0.25, 0.3) is 0 Å². The summed E-state index contributed by atoms with van der Waals surface area (Å²) in [6, 6.07) is 2.25. The van der Waals surface area contributed by atoms with Gasteiger partial charge in [-0.3, -0.25) is 0 Å². The van der Waals surface area contributed by atoms with Gasteiger partial charge < -0.3 is 9.84 Å². The quantitative estimate of drug-likeness (QED) is 0.775. The lowest BCUT2D eigenvalue weighted by Gasteiger charge is -2.27. The van der Waals surface area contributed by atoms with Gasteiger partial charge in [-0.05, 0) is 18.6 Å². The SMILES string of the molecule is OC1CCOC(c2cc(Cl)cc(F)c2F)C1. The van der Waals surface area contributed by atoms with Gasteiger partial charge in [0.15, 0.2) is 11.6 Å². The number of halogens is 3. The van der Waals surface area contributed by atoms with Crippen LogP contribution in [-0.2, 0) is 4.74 Å². The normalized spacial score (nSPS) is 25.8. The Balaban J connectivity index is 2.32. The largest absolute Gasteiger partial charge is 0.393 e. The van der Waals surface area contributed by atoms with Crippen LogP contribution >= 0.6 is 11.6 Å². The number of benzene rings is 1. The Bertz CT molecular complexity index is 398. The van der Waals surface area contributed by atoms with Gasteiger partial charge in [0.25, 0.3) is 0 Å². The molecule has 1 fully saturated rings. The molecule has 0 spiro atoms. The zero-order chi connectivity index (χ0) is 11.7. The number of hydrogen-bond acceptors (Lipinski definition) is 2. The molecular weight excluding hydrogens is 238 g/mol. The minimum atomic E-state index is -0.994. The number of ether oxygens (including phenoxy) is 1. The Hall–Kier alpha value is -0.710. The lowest BCUT2D eigenvalue weighted by atomic mass is 9.99. The molecule has 2 unspecified atom stereocenters. The molecule has 5 heteroatoms. The first-order chi connectivity index (χ1) is 7.58. The number of aliphatic hydroxyl groups is 1. The van der Waals surface area contributed by atoms with E-state index in [4.69, 9.17) is 16.3 Å². The zero-order valence-corrected chi connectivity index (χ0v) is 9.18. The molecule has 1 heterocycles. The highest BCUT2D eigenvalue weighted by atomic mass is 35.5. The highest BCUT2D eigenvalue weighted by molar-refractivity contribution is 6.30. The number of aliphatic hydroxyl groups excluding tert-OH is 1. The van der Waals surface area contributed by atoms with Gasteiger partial charge in [0.1, 0.15) is 0 Å². The van der Waals surface area contributed by atoms with Crippen molar-refractivity contribution in [2.45, 2.75) is 25.0 Å². The van der Waals surface area contributed by atoms with Gasteiger partial charge >= 0.3 is 0 Å². The van der Waals surface area contributed by atoms with Crippen molar-refractivity contribution in [1.29, 1.82) is 0 Å². The molecule has 2 atom stereocenters. The van der Waals surface area contributed by atoms with Crippen molar-refractivity contribution in [3.05, 3.63) is 34.4 Å². The molecule has 1 saturated heterocycles. The Kier molecular flexibility index (Phi) is 3.42. The van der Waals surface area contributed by atoms with E-state index in [2.05, 4.69) is 0 Å². The Labute approximate surface area is 96.8 Å². The summed E-state index contributed by atoms with van der Waals surface area (Å²) < 4.78 is 31.9. The van der Waals surface area contributed by atoms with Crippen molar-refractivity contribution in [2.24, 2.45) is 0 Å². The third-order valence-electron chi connectivity index (χ3n) is 2.62. The predicted molar refractivity (Wildman–Crippen MR) is 55.3 cm³/mol. The van der Waals surface area contributed by atoms with Gasteiger partial charge in [-0.1, -0.05) is 11.6 Å². The smallest absolute Gasteiger partial charge is 0.164 e. The second-order valence-corrected chi connectivity index (χ2v) is 4.26. The van der Waals surface area contributed by atoms with Gasteiger partial charge in [-0.25, -0.2) is 8.78 Å². The molecule has 1 aliphatic heterocycles. The topological polar surface area (TPSA) is 29.5 Å². The molecule has 1 aromatic rings. The van der Waals surface area contributed by atoms with Crippen LogP contribution in [0.15, 0.2) is 12.1 Å². The first-order valence-corrected chi connectivity index (χ1v) is 5.40. The van der Waals surface area contributed by atoms with Crippen molar-refractivity contribution < 1.29 is 18.6 Å². The lowest BCUT2D eigenvalue weighted by Crippen LogP contribution is -2.24. The molecule has 1 N–H and O–H groups in total. The van der Waals surface area contributed by atoms with Crippen LogP contribution < -0.4 is 0 Å². The van der Waals surface area contributed by atoms with E-state index >= 15 is 0 Å². The molecule has 0 aromatic heterocycles. The van der Waals surface area contributed by atoms with Crippen molar-refractivity contribution in [3.8, 4) is 0 Å². The molecule has 2 rings (SSSR count). The first-order valence-electron chi connectivity index (χ1n) is 5.02. The minimum Gasteiger partial charge on any atom is -0.393 e. The summed E-state index contributed by atoms with van der Waals surface area (Å²) in [7, 11) is 0. The molecule has 0 saturated carbocycles. The molecule has 1 aromatic carbocycles. The summed E-state index contributed by atoms with van der Waals surface area (Å²) in [5.41, 5.74) is 0.0729. The standard InChI is InChI=1S/C11H11ClF2O2/c12-6-3-8(11(14)9(13)4-6)10-5-7(15)1-2-16-10/h3-4,7,10,15H,1-2,5H2. The molecule has 16 heavy (non-hydrogen) atoms. The molecule has 0 radical (unpaired) electrons. The van der Waals surface area contributed by atoms with E-state index in [1.165, 1.54) is 6.07 Å². The summed E-state index contributed by atoms with van der Waals surface area (Å²) in [6.45, 7) is 0.333. The van der Waals surface area contributed by atoms with Gasteiger partial charge in [0.2, 0.25) is 0 Å². The molecular formula is C11H11ClF2O2. The summed E-state index contributed by atoms with van der Waals surface area (Å²) in [6.07, 6.45) is -0.394. The summed E-state index contributed by atoms with van der Waals surface area (Å²) in [4.78, 5) is 0. The Morgan fingerprint density at radius 3 is 2.81 bits per heavy atom. The van der Waals surface area contributed by atoms with E-state index in [0.29, 0.717) is 13.0 Å². The molecule has 0 amide bonds. The molecule has 0 aliphatic carbocycles. The molecule has 2 nitrogen and oxygen atoms in total. The molecule has 0 bridgehead atoms. The van der Waals surface area contributed by atoms with Crippen LogP contribution in [0, 0.1) is 11.6 Å². The summed E-state index contributed by atoms with van der Waals surface area (Å²) in [5.74, 6) is -1.95. The zero-order valence-electron chi connectivity index (χ0n) is 8.42. The highest BCUT2D eigenvalue weighted by Gasteiger charge is 2.26. The van der Waals surface area contributed by atoms with Crippen LogP contribution in [-0.4, -0.2) is 17.8 Å². The molecule has 1 aliphatic rings. The second kappa shape index (κ2) is 4.65. The van der Waals surface area contributed by atoms with Crippen LogP contribution in [0.4, 0.5) is 8.78 Å². The fraction of sp³-hybridized carbons (Fsp3) is 0.455. The van der Waals surface area contributed by atoms with Crippen molar-refractivity contribution in [3.63, 3.8) is 0 Å². The summed E-state index contributed by atoms with van der Waals surface area (Å²) >= 11 is 5.65. The monoisotopic (exact) mass is 248 g/mol. The van der Waals surface area contributed by atoms with Gasteiger partial charge in [-0.15, -0.1) is 0 Å². The van der Waals surface area contributed by atoms with E-state index in [9.17, 15) is 13.9 Å². The van der Waals surface area contributed by atoms with Crippen LogP contribution in [0.1, 0.15) is 24.5 Å². The maximum Gasteiger partial charge on any atom is 0.164 e. The lowest BCUT2D eigenvalue weighted by molar-refractivity contribution is -0.0463. The van der Waals surface area contributed by atoms with E-state index in [1.54, 1.807) is 0 Å². The highest BCUT2D eigenvalue weighted by Crippen LogP contribution is 2.32. The van der Waals surface area contributed by atoms with Gasteiger partial charge in [-0.2, -0.15) is 0 Å². The third kappa shape index (κ3) is 2.34. The van der Waals surface area contributed by atoms with E-state index in [1.807, 2.05) is 0 Å². The van der Waals surface area contributed by atoms with Gasteiger partial charge in [0, 0.05) is 23.6 Å². The third-order valence-corrected chi connectivity index (χ3v) is 2.84. The van der Waals surface area contributed by atoms with Crippen LogP contribution in [0.3, 0.4) is 0 Å². The maximum absolute atomic E-state index is 13.5. The average Bonchev–Trinajstić information content (AvgIpc) is 2.23. The van der Waals surface area contributed by atoms with E-state index in [-0.39, 0.29) is 17.0 Å². The number of hydrogen-bond donors (Lipinski definition) is 1. The van der Waals surface area contributed by atoms with Gasteiger partial charge in [0.05, 0.1) is 12.2 Å². The fourth-order valence-corrected chi connectivity index (χ4v) is 2.02. The Morgan fingerprint density at radius 1 is 1.38 bits per heavy atom. The maximum atomic E-state index is 13.5. The van der Waals surface area contributed by atoms with E-state index in [0.717, 1.165) is 6.07 Å². The van der Waals surface area contributed by atoms with Crippen molar-refractivity contribution >= 4 is 11.6 Å². The first kappa shape index (κ1) is 11.8. The fourth-order valence-electron chi connectivity index (χ4n) is 1.81. The summed E-state index contributed by atoms with van der Waals surface area (Å²) in [5, 5.41) is 9.56. The minimum absolute atomic E-state index is 0.0729. The molecule has 88 valence electrons. The van der Waals surface area contributed by atoms with Crippen LogP contribution in [0.5, 0.6) is 0 Å². The Morgan fingerprint density at radius 2 is 2.12 bits per heavy atom. The predicted octanol–water partition coefficient (Wildman–Crippen LogP) is 2.83. The van der Waals surface area contributed by atoms with Crippen molar-refractivity contribution in [1.82, 2.24) is 0 Å². The number of rotatable bonds is 1. The van der Waals surface area contributed by atoms with Crippen molar-refractivity contribution in [2.75, 3.05) is 6.61 Å². The van der Waals surface area contributed by atoms with Crippen LogP contribution in [0.2, 0.25) is 5.02 Å². The average molecular weight is 249 g/mol. The van der Waals surface area contributed by atoms with E-state index < -0.39 is 23.8 Å². The second-order valence-electron chi connectivity index (χ2n) is 3.83.